The molecule has 0 fully saturated rings. The van der Waals surface area contributed by atoms with Gasteiger partial charge in [0, 0.05) is 35.1 Å². The monoisotopic (exact) mass is 475 g/mol. The van der Waals surface area contributed by atoms with E-state index in [1.165, 1.54) is 12.7 Å². The number of halogens is 2. The molecular formula is C23H27BrFN3O2. The molecule has 1 unspecified atom stereocenters. The summed E-state index contributed by atoms with van der Waals surface area (Å²) < 4.78 is 27.2. The van der Waals surface area contributed by atoms with Crippen LogP contribution in [0.15, 0.2) is 41.0 Å². The van der Waals surface area contributed by atoms with Gasteiger partial charge in [0.05, 0.1) is 31.5 Å². The molecule has 0 bridgehead atoms. The lowest BCUT2D eigenvalue weighted by Crippen LogP contribution is -2.50. The Hall–Kier alpha value is -1.96. The predicted octanol–water partition coefficient (Wildman–Crippen LogP) is 5.04. The standard InChI is InChI=1S/C23H27BrFN3O2/c1-14-9-18-16(7-8-20-19(18)11-26-27-20)22(28(14)12-23(2,25)13-29-3)17-6-5-15(24)10-21(17)30-4/h5-8,10-11,14,22H,9,12-13H2,1-4H3,(H,26,27)/t14-,22+,23?/m1/s1. The van der Waals surface area contributed by atoms with Gasteiger partial charge in [-0.2, -0.15) is 5.10 Å². The Balaban J connectivity index is 1.90. The van der Waals surface area contributed by atoms with Crippen LogP contribution in [0.1, 0.15) is 36.6 Å². The molecule has 5 nitrogen and oxygen atoms in total. The van der Waals surface area contributed by atoms with E-state index in [2.05, 4.69) is 56.2 Å². The third-order valence-corrected chi connectivity index (χ3v) is 6.40. The second-order valence-electron chi connectivity index (χ2n) is 8.33. The Labute approximate surface area is 184 Å². The lowest BCUT2D eigenvalue weighted by atomic mass is 9.82. The van der Waals surface area contributed by atoms with Gasteiger partial charge in [0.15, 0.2) is 0 Å². The van der Waals surface area contributed by atoms with Crippen LogP contribution in [0.25, 0.3) is 10.9 Å². The summed E-state index contributed by atoms with van der Waals surface area (Å²) in [7, 11) is 3.21. The Bertz CT molecular complexity index is 1050. The van der Waals surface area contributed by atoms with Gasteiger partial charge < -0.3 is 9.47 Å². The quantitative estimate of drug-likeness (QED) is 0.542. The minimum Gasteiger partial charge on any atom is -0.496 e. The van der Waals surface area contributed by atoms with Gasteiger partial charge in [0.1, 0.15) is 11.4 Å². The average molecular weight is 476 g/mol. The molecule has 2 heterocycles. The molecule has 1 N–H and O–H groups in total. The van der Waals surface area contributed by atoms with Crippen LogP contribution in [-0.4, -0.2) is 54.2 Å². The molecule has 2 aromatic carbocycles. The van der Waals surface area contributed by atoms with E-state index in [0.717, 1.165) is 38.7 Å². The predicted molar refractivity (Wildman–Crippen MR) is 120 cm³/mol. The van der Waals surface area contributed by atoms with Crippen molar-refractivity contribution in [1.29, 1.82) is 0 Å². The molecule has 0 saturated heterocycles. The molecule has 0 spiro atoms. The molecule has 4 rings (SSSR count). The topological polar surface area (TPSA) is 50.4 Å². The highest BCUT2D eigenvalue weighted by molar-refractivity contribution is 9.10. The first-order valence-corrected chi connectivity index (χ1v) is 10.9. The van der Waals surface area contributed by atoms with Gasteiger partial charge >= 0.3 is 0 Å². The summed E-state index contributed by atoms with van der Waals surface area (Å²) in [5.74, 6) is 0.777. The molecule has 7 heteroatoms. The number of nitrogens with one attached hydrogen (secondary N) is 1. The normalized spacial score (nSPS) is 21.4. The van der Waals surface area contributed by atoms with E-state index in [-0.39, 0.29) is 25.2 Å². The van der Waals surface area contributed by atoms with Crippen molar-refractivity contribution in [3.63, 3.8) is 0 Å². The van der Waals surface area contributed by atoms with E-state index in [9.17, 15) is 0 Å². The van der Waals surface area contributed by atoms with Crippen LogP contribution in [0.5, 0.6) is 5.75 Å². The van der Waals surface area contributed by atoms with Crippen LogP contribution in [-0.2, 0) is 11.2 Å². The number of methoxy groups -OCH3 is 2. The maximum Gasteiger partial charge on any atom is 0.144 e. The fraction of sp³-hybridized carbons (Fsp3) is 0.435. The van der Waals surface area contributed by atoms with E-state index in [0.29, 0.717) is 0 Å². The molecular weight excluding hydrogens is 449 g/mol. The lowest BCUT2D eigenvalue weighted by molar-refractivity contribution is 0.00207. The van der Waals surface area contributed by atoms with E-state index >= 15 is 4.39 Å². The van der Waals surface area contributed by atoms with E-state index < -0.39 is 5.67 Å². The highest BCUT2D eigenvalue weighted by atomic mass is 79.9. The van der Waals surface area contributed by atoms with Gasteiger partial charge in [-0.1, -0.05) is 28.1 Å². The van der Waals surface area contributed by atoms with Gasteiger partial charge in [0.2, 0.25) is 0 Å². The molecule has 1 aliphatic rings. The number of hydrogen-bond donors (Lipinski definition) is 1. The number of ether oxygens (including phenoxy) is 2. The first-order chi connectivity index (χ1) is 14.3. The fourth-order valence-corrected chi connectivity index (χ4v) is 4.99. The SMILES string of the molecule is COCC(C)(F)CN1[C@H](c2ccc(Br)cc2OC)c2ccc3[nH]ncc3c2C[C@H]1C. The maximum absolute atomic E-state index is 15.3. The number of nitrogens with zero attached hydrogens (tertiary/aromatic N) is 2. The van der Waals surface area contributed by atoms with Crippen molar-refractivity contribution in [2.24, 2.45) is 0 Å². The average Bonchev–Trinajstić information content (AvgIpc) is 3.18. The lowest BCUT2D eigenvalue weighted by Gasteiger charge is -2.45. The molecule has 0 amide bonds. The summed E-state index contributed by atoms with van der Waals surface area (Å²) in [4.78, 5) is 2.24. The van der Waals surface area contributed by atoms with Crippen LogP contribution < -0.4 is 4.74 Å². The molecule has 30 heavy (non-hydrogen) atoms. The Morgan fingerprint density at radius 2 is 2.03 bits per heavy atom. The second-order valence-corrected chi connectivity index (χ2v) is 9.24. The number of benzene rings is 2. The molecule has 0 saturated carbocycles. The Kier molecular flexibility index (Phi) is 5.88. The molecule has 160 valence electrons. The van der Waals surface area contributed by atoms with E-state index in [4.69, 9.17) is 9.47 Å². The van der Waals surface area contributed by atoms with Crippen molar-refractivity contribution < 1.29 is 13.9 Å². The molecule has 1 aliphatic heterocycles. The van der Waals surface area contributed by atoms with Crippen LogP contribution in [0.2, 0.25) is 0 Å². The van der Waals surface area contributed by atoms with Gasteiger partial charge in [-0.3, -0.25) is 10.00 Å². The van der Waals surface area contributed by atoms with Gasteiger partial charge in [-0.25, -0.2) is 4.39 Å². The van der Waals surface area contributed by atoms with Gasteiger partial charge in [-0.15, -0.1) is 0 Å². The third kappa shape index (κ3) is 3.86. The van der Waals surface area contributed by atoms with Crippen molar-refractivity contribution in [2.45, 2.75) is 38.0 Å². The van der Waals surface area contributed by atoms with Crippen molar-refractivity contribution in [2.75, 3.05) is 27.4 Å². The first kappa shape index (κ1) is 21.3. The van der Waals surface area contributed by atoms with Crippen LogP contribution in [0, 0.1) is 0 Å². The minimum atomic E-state index is -1.47. The van der Waals surface area contributed by atoms with Crippen molar-refractivity contribution in [3.8, 4) is 5.75 Å². The fourth-order valence-electron chi connectivity index (χ4n) is 4.65. The molecule has 3 aromatic rings. The van der Waals surface area contributed by atoms with E-state index in [1.54, 1.807) is 14.0 Å². The zero-order valence-corrected chi connectivity index (χ0v) is 19.3. The number of rotatable bonds is 6. The zero-order chi connectivity index (χ0) is 21.5. The number of alkyl halides is 1. The van der Waals surface area contributed by atoms with Crippen molar-refractivity contribution in [1.82, 2.24) is 15.1 Å². The minimum absolute atomic E-state index is 0.0496. The number of hydrogen-bond acceptors (Lipinski definition) is 4. The summed E-state index contributed by atoms with van der Waals surface area (Å²) in [6, 6.07) is 10.2. The molecule has 0 aliphatic carbocycles. The Morgan fingerprint density at radius 3 is 2.77 bits per heavy atom. The molecule has 1 aromatic heterocycles. The van der Waals surface area contributed by atoms with E-state index in [1.807, 2.05) is 18.3 Å². The molecule has 0 radical (unpaired) electrons. The second kappa shape index (κ2) is 8.29. The number of fused-ring (bicyclic) bond motifs is 3. The number of H-pyrrole nitrogens is 1. The van der Waals surface area contributed by atoms with Crippen LogP contribution in [0.3, 0.4) is 0 Å². The Morgan fingerprint density at radius 1 is 1.27 bits per heavy atom. The largest absolute Gasteiger partial charge is 0.496 e. The highest BCUT2D eigenvalue weighted by Gasteiger charge is 2.40. The first-order valence-electron chi connectivity index (χ1n) is 10.1. The zero-order valence-electron chi connectivity index (χ0n) is 17.7. The van der Waals surface area contributed by atoms with Gasteiger partial charge in [0.25, 0.3) is 0 Å². The van der Waals surface area contributed by atoms with Gasteiger partial charge in [-0.05, 0) is 49.6 Å². The number of aromatic nitrogens is 2. The van der Waals surface area contributed by atoms with Crippen molar-refractivity contribution in [3.05, 3.63) is 57.7 Å². The summed E-state index contributed by atoms with van der Waals surface area (Å²) in [5, 5.41) is 8.42. The summed E-state index contributed by atoms with van der Waals surface area (Å²) >= 11 is 3.53. The van der Waals surface area contributed by atoms with Crippen LogP contribution >= 0.6 is 15.9 Å². The van der Waals surface area contributed by atoms with Crippen LogP contribution in [0.4, 0.5) is 4.39 Å². The van der Waals surface area contributed by atoms with Crippen molar-refractivity contribution >= 4 is 26.8 Å². The number of aromatic amines is 1. The smallest absolute Gasteiger partial charge is 0.144 e. The third-order valence-electron chi connectivity index (χ3n) is 5.91. The maximum atomic E-state index is 15.3. The summed E-state index contributed by atoms with van der Waals surface area (Å²) in [6.07, 6.45) is 2.71. The summed E-state index contributed by atoms with van der Waals surface area (Å²) in [5.41, 5.74) is 2.99. The summed E-state index contributed by atoms with van der Waals surface area (Å²) in [6.45, 7) is 4.07. The molecule has 3 atom stereocenters. The highest BCUT2D eigenvalue weighted by Crippen LogP contribution is 2.44.